The molecule has 0 amide bonds. The fraction of sp³-hybridized carbons (Fsp3) is 0.765. The van der Waals surface area contributed by atoms with Gasteiger partial charge in [-0.05, 0) is 66.3 Å². The van der Waals surface area contributed by atoms with E-state index in [0.29, 0.717) is 0 Å². The summed E-state index contributed by atoms with van der Waals surface area (Å²) >= 11 is 1.81. The van der Waals surface area contributed by atoms with Gasteiger partial charge in [-0.15, -0.1) is 0 Å². The fourth-order valence-corrected chi connectivity index (χ4v) is 4.56. The molecule has 0 aromatic carbocycles. The first-order valence-corrected chi connectivity index (χ1v) is 9.07. The number of nitrogens with two attached hydrogens (primary N) is 1. The van der Waals surface area contributed by atoms with Gasteiger partial charge < -0.3 is 5.73 Å². The van der Waals surface area contributed by atoms with Crippen molar-refractivity contribution in [1.29, 1.82) is 0 Å². The van der Waals surface area contributed by atoms with Crippen LogP contribution in [0.3, 0.4) is 0 Å². The molecule has 112 valence electrons. The Hall–Kier alpha value is -0.380. The molecule has 2 N–H and O–H groups in total. The Labute approximate surface area is 127 Å². The fourth-order valence-electron chi connectivity index (χ4n) is 3.90. The number of nitrogens with zero attached hydrogens (tertiary/aromatic N) is 1. The maximum absolute atomic E-state index is 6.30. The highest BCUT2D eigenvalue weighted by atomic mass is 32.1. The highest BCUT2D eigenvalue weighted by Gasteiger charge is 2.46. The molecular formula is C17H28N2S. The minimum atomic E-state index is 0.259. The average molecular weight is 292 g/mol. The van der Waals surface area contributed by atoms with Crippen LogP contribution < -0.4 is 5.73 Å². The Morgan fingerprint density at radius 1 is 1.30 bits per heavy atom. The van der Waals surface area contributed by atoms with Crippen LogP contribution in [0.4, 0.5) is 0 Å². The number of hydrogen-bond donors (Lipinski definition) is 1. The van der Waals surface area contributed by atoms with Crippen LogP contribution in [0.2, 0.25) is 0 Å². The minimum Gasteiger partial charge on any atom is -0.329 e. The van der Waals surface area contributed by atoms with Crippen molar-refractivity contribution < 1.29 is 0 Å². The van der Waals surface area contributed by atoms with Gasteiger partial charge in [0, 0.05) is 24.7 Å². The van der Waals surface area contributed by atoms with Crippen molar-refractivity contribution in [2.45, 2.75) is 64.1 Å². The largest absolute Gasteiger partial charge is 0.329 e. The molecule has 1 aromatic heterocycles. The standard InChI is InChI=1S/C17H28N2S/c1-13-5-7-17(12-18,9-14(13)2)19(16-3-4-16)10-15-6-8-20-11-15/h6,8,11,13-14,16H,3-5,7,9-10,12,18H2,1-2H3. The zero-order valence-electron chi connectivity index (χ0n) is 12.8. The van der Waals surface area contributed by atoms with E-state index in [1.54, 1.807) is 0 Å². The van der Waals surface area contributed by atoms with Crippen molar-refractivity contribution >= 4 is 11.3 Å². The van der Waals surface area contributed by atoms with Crippen LogP contribution in [0.15, 0.2) is 16.8 Å². The van der Waals surface area contributed by atoms with Gasteiger partial charge in [0.2, 0.25) is 0 Å². The summed E-state index contributed by atoms with van der Waals surface area (Å²) in [6.45, 7) is 6.76. The molecular weight excluding hydrogens is 264 g/mol. The van der Waals surface area contributed by atoms with Gasteiger partial charge >= 0.3 is 0 Å². The van der Waals surface area contributed by atoms with Crippen LogP contribution in [0.1, 0.15) is 51.5 Å². The summed E-state index contributed by atoms with van der Waals surface area (Å²) in [6.07, 6.45) is 6.65. The molecule has 0 aliphatic heterocycles. The van der Waals surface area contributed by atoms with Gasteiger partial charge in [0.15, 0.2) is 0 Å². The first kappa shape index (κ1) is 14.6. The van der Waals surface area contributed by atoms with Crippen molar-refractivity contribution in [2.24, 2.45) is 17.6 Å². The lowest BCUT2D eigenvalue weighted by Crippen LogP contribution is -2.57. The molecule has 20 heavy (non-hydrogen) atoms. The quantitative estimate of drug-likeness (QED) is 0.892. The normalized spacial score (nSPS) is 34.6. The lowest BCUT2D eigenvalue weighted by molar-refractivity contribution is 0.00864. The third kappa shape index (κ3) is 2.81. The average Bonchev–Trinajstić information content (AvgIpc) is 3.16. The maximum atomic E-state index is 6.30. The van der Waals surface area contributed by atoms with Crippen LogP contribution in [-0.2, 0) is 6.54 Å². The SMILES string of the molecule is CC1CCC(CN)(N(Cc2ccsc2)C2CC2)CC1C. The molecule has 2 aliphatic carbocycles. The van der Waals surface area contributed by atoms with E-state index in [1.165, 1.54) is 37.7 Å². The summed E-state index contributed by atoms with van der Waals surface area (Å²) in [4.78, 5) is 2.78. The van der Waals surface area contributed by atoms with Gasteiger partial charge in [0.25, 0.3) is 0 Å². The molecule has 2 nitrogen and oxygen atoms in total. The van der Waals surface area contributed by atoms with E-state index in [-0.39, 0.29) is 5.54 Å². The predicted octanol–water partition coefficient (Wildman–Crippen LogP) is 3.87. The Morgan fingerprint density at radius 2 is 2.10 bits per heavy atom. The van der Waals surface area contributed by atoms with E-state index >= 15 is 0 Å². The van der Waals surface area contributed by atoms with Crippen LogP contribution in [0, 0.1) is 11.8 Å². The third-order valence-corrected chi connectivity index (χ3v) is 6.38. The molecule has 1 heterocycles. The van der Waals surface area contributed by atoms with Crippen molar-refractivity contribution in [1.82, 2.24) is 4.90 Å². The highest BCUT2D eigenvalue weighted by Crippen LogP contribution is 2.44. The topological polar surface area (TPSA) is 29.3 Å². The highest BCUT2D eigenvalue weighted by molar-refractivity contribution is 7.07. The molecule has 1 aromatic rings. The van der Waals surface area contributed by atoms with Gasteiger partial charge in [0.1, 0.15) is 0 Å². The number of rotatable bonds is 5. The summed E-state index contributed by atoms with van der Waals surface area (Å²) in [5.74, 6) is 1.66. The second kappa shape index (κ2) is 5.78. The lowest BCUT2D eigenvalue weighted by atomic mass is 9.70. The van der Waals surface area contributed by atoms with E-state index in [4.69, 9.17) is 5.73 Å². The minimum absolute atomic E-state index is 0.259. The Balaban J connectivity index is 1.80. The molecule has 2 fully saturated rings. The summed E-state index contributed by atoms with van der Waals surface area (Å²) in [6, 6.07) is 3.07. The van der Waals surface area contributed by atoms with E-state index in [9.17, 15) is 0 Å². The molecule has 3 heteroatoms. The van der Waals surface area contributed by atoms with Crippen LogP contribution in [-0.4, -0.2) is 23.0 Å². The summed E-state index contributed by atoms with van der Waals surface area (Å²) < 4.78 is 0. The van der Waals surface area contributed by atoms with Crippen LogP contribution in [0.25, 0.3) is 0 Å². The molecule has 3 rings (SSSR count). The van der Waals surface area contributed by atoms with Crippen molar-refractivity contribution in [3.05, 3.63) is 22.4 Å². The first-order valence-electron chi connectivity index (χ1n) is 8.12. The van der Waals surface area contributed by atoms with E-state index in [1.807, 2.05) is 11.3 Å². The zero-order chi connectivity index (χ0) is 14.2. The summed E-state index contributed by atoms with van der Waals surface area (Å²) in [5.41, 5.74) is 8.03. The van der Waals surface area contributed by atoms with Crippen LogP contribution >= 0.6 is 11.3 Å². The van der Waals surface area contributed by atoms with E-state index in [2.05, 4.69) is 35.6 Å². The van der Waals surface area contributed by atoms with Gasteiger partial charge in [-0.1, -0.05) is 13.8 Å². The molecule has 3 unspecified atom stereocenters. The third-order valence-electron chi connectivity index (χ3n) is 5.65. The molecule has 0 saturated heterocycles. The van der Waals surface area contributed by atoms with Gasteiger partial charge in [-0.2, -0.15) is 11.3 Å². The first-order chi connectivity index (χ1) is 9.64. The van der Waals surface area contributed by atoms with Crippen molar-refractivity contribution in [3.63, 3.8) is 0 Å². The van der Waals surface area contributed by atoms with Gasteiger partial charge in [0.05, 0.1) is 0 Å². The Morgan fingerprint density at radius 3 is 2.65 bits per heavy atom. The van der Waals surface area contributed by atoms with Crippen molar-refractivity contribution in [2.75, 3.05) is 6.54 Å². The Kier molecular flexibility index (Phi) is 4.21. The smallest absolute Gasteiger partial charge is 0.0340 e. The monoisotopic (exact) mass is 292 g/mol. The molecule has 0 radical (unpaired) electrons. The molecule has 0 spiro atoms. The molecule has 3 atom stereocenters. The number of hydrogen-bond acceptors (Lipinski definition) is 3. The maximum Gasteiger partial charge on any atom is 0.0340 e. The number of thiophene rings is 1. The Bertz CT molecular complexity index is 426. The van der Waals surface area contributed by atoms with Crippen molar-refractivity contribution in [3.8, 4) is 0 Å². The second-order valence-corrected chi connectivity index (χ2v) is 7.90. The van der Waals surface area contributed by atoms with Gasteiger partial charge in [-0.25, -0.2) is 0 Å². The van der Waals surface area contributed by atoms with E-state index in [0.717, 1.165) is 31.0 Å². The lowest BCUT2D eigenvalue weighted by Gasteiger charge is -2.50. The molecule has 0 bridgehead atoms. The molecule has 2 aliphatic rings. The predicted molar refractivity (Wildman–Crippen MR) is 86.8 cm³/mol. The molecule has 2 saturated carbocycles. The summed E-state index contributed by atoms with van der Waals surface area (Å²) in [5, 5.41) is 4.50. The summed E-state index contributed by atoms with van der Waals surface area (Å²) in [7, 11) is 0. The van der Waals surface area contributed by atoms with Crippen LogP contribution in [0.5, 0.6) is 0 Å². The van der Waals surface area contributed by atoms with Gasteiger partial charge in [-0.3, -0.25) is 4.90 Å². The zero-order valence-corrected chi connectivity index (χ0v) is 13.7. The van der Waals surface area contributed by atoms with E-state index < -0.39 is 0 Å². The second-order valence-electron chi connectivity index (χ2n) is 7.12.